The van der Waals surface area contributed by atoms with Gasteiger partial charge in [0, 0.05) is 0 Å². The Bertz CT molecular complexity index is 1050. The van der Waals surface area contributed by atoms with E-state index in [1.807, 2.05) is 0 Å². The van der Waals surface area contributed by atoms with Gasteiger partial charge in [0.05, 0.1) is 25.2 Å². The van der Waals surface area contributed by atoms with Crippen molar-refractivity contribution in [2.24, 2.45) is 5.73 Å². The monoisotopic (exact) mass is 460 g/mol. The van der Waals surface area contributed by atoms with E-state index in [1.165, 1.54) is 6.07 Å². The van der Waals surface area contributed by atoms with E-state index in [0.29, 0.717) is 16.6 Å². The standard InChI is InChI=1S/C15H10BrClN2O4S2/c16-9-1-2-10(24-9)25(22,23)13-7(15(6-18)3-4-15)5-8(20)11(12(13)17)14(19)21/h1-2,5,20H,3-4H2,(H2,19,21). The molecule has 10 heteroatoms. The number of carbonyl (C=O) groups is 1. The van der Waals surface area contributed by atoms with Gasteiger partial charge in [0.25, 0.3) is 5.91 Å². The lowest BCUT2D eigenvalue weighted by Gasteiger charge is -2.17. The number of carbonyl (C=O) groups excluding carboxylic acids is 1. The largest absolute Gasteiger partial charge is 0.507 e. The van der Waals surface area contributed by atoms with Crippen LogP contribution in [0.3, 0.4) is 0 Å². The number of phenols is 1. The van der Waals surface area contributed by atoms with Crippen molar-refractivity contribution < 1.29 is 18.3 Å². The second-order valence-corrected chi connectivity index (χ2v) is 10.5. The summed E-state index contributed by atoms with van der Waals surface area (Å²) in [6.07, 6.45) is 0.873. The molecule has 1 aromatic carbocycles. The van der Waals surface area contributed by atoms with Gasteiger partial charge in [-0.15, -0.1) is 11.3 Å². The van der Waals surface area contributed by atoms with Crippen LogP contribution in [-0.2, 0) is 15.3 Å². The predicted octanol–water partition coefficient (Wildman–Crippen LogP) is 3.36. The molecule has 3 N–H and O–H groups in total. The van der Waals surface area contributed by atoms with E-state index in [9.17, 15) is 23.6 Å². The lowest BCUT2D eigenvalue weighted by molar-refractivity contribution is 0.0997. The van der Waals surface area contributed by atoms with Crippen molar-refractivity contribution in [2.75, 3.05) is 0 Å². The van der Waals surface area contributed by atoms with Gasteiger partial charge in [-0.05, 0) is 52.5 Å². The Morgan fingerprint density at radius 1 is 1.44 bits per heavy atom. The minimum absolute atomic E-state index is 0.00243. The maximum absolute atomic E-state index is 13.1. The van der Waals surface area contributed by atoms with E-state index in [4.69, 9.17) is 17.3 Å². The summed E-state index contributed by atoms with van der Waals surface area (Å²) in [4.78, 5) is 11.3. The van der Waals surface area contributed by atoms with Crippen LogP contribution >= 0.6 is 38.9 Å². The molecular formula is C15H10BrClN2O4S2. The van der Waals surface area contributed by atoms with E-state index in [1.54, 1.807) is 6.07 Å². The highest BCUT2D eigenvalue weighted by molar-refractivity contribution is 9.11. The maximum atomic E-state index is 13.1. The predicted molar refractivity (Wildman–Crippen MR) is 95.6 cm³/mol. The van der Waals surface area contributed by atoms with E-state index in [2.05, 4.69) is 22.0 Å². The summed E-state index contributed by atoms with van der Waals surface area (Å²) in [5.74, 6) is -1.60. The normalized spacial score (nSPS) is 15.6. The number of hydrogen-bond acceptors (Lipinski definition) is 6. The van der Waals surface area contributed by atoms with E-state index >= 15 is 0 Å². The third-order valence-electron chi connectivity index (χ3n) is 4.01. The van der Waals surface area contributed by atoms with Crippen LogP contribution in [0.1, 0.15) is 28.8 Å². The summed E-state index contributed by atoms with van der Waals surface area (Å²) in [7, 11) is -4.12. The lowest BCUT2D eigenvalue weighted by Crippen LogP contribution is -2.18. The number of rotatable bonds is 4. The molecule has 0 atom stereocenters. The molecule has 0 bridgehead atoms. The molecular weight excluding hydrogens is 452 g/mol. The number of benzene rings is 1. The molecule has 1 aliphatic carbocycles. The van der Waals surface area contributed by atoms with Crippen LogP contribution in [0, 0.1) is 11.3 Å². The maximum Gasteiger partial charge on any atom is 0.254 e. The molecule has 6 nitrogen and oxygen atoms in total. The van der Waals surface area contributed by atoms with Crippen LogP contribution in [0.15, 0.2) is 31.1 Å². The van der Waals surface area contributed by atoms with Gasteiger partial charge in [-0.1, -0.05) is 11.6 Å². The van der Waals surface area contributed by atoms with E-state index in [-0.39, 0.29) is 14.7 Å². The number of aromatic hydroxyl groups is 1. The van der Waals surface area contributed by atoms with Gasteiger partial charge in [-0.25, -0.2) is 8.42 Å². The van der Waals surface area contributed by atoms with Crippen molar-refractivity contribution in [3.05, 3.63) is 38.1 Å². The van der Waals surface area contributed by atoms with Crippen LogP contribution in [0.5, 0.6) is 5.75 Å². The van der Waals surface area contributed by atoms with Crippen LogP contribution < -0.4 is 5.73 Å². The Hall–Kier alpha value is -1.60. The zero-order valence-electron chi connectivity index (χ0n) is 12.4. The molecule has 1 amide bonds. The molecule has 1 fully saturated rings. The molecule has 1 aliphatic rings. The van der Waals surface area contributed by atoms with Gasteiger partial charge in [0.1, 0.15) is 15.5 Å². The molecule has 1 saturated carbocycles. The minimum Gasteiger partial charge on any atom is -0.507 e. The average molecular weight is 462 g/mol. The summed E-state index contributed by atoms with van der Waals surface area (Å²) in [5, 5.41) is 19.1. The zero-order valence-corrected chi connectivity index (χ0v) is 16.4. The number of nitrogens with two attached hydrogens (primary N) is 1. The first-order valence-corrected chi connectivity index (χ1v) is 10.4. The first-order chi connectivity index (χ1) is 11.6. The lowest BCUT2D eigenvalue weighted by atomic mass is 9.95. The highest BCUT2D eigenvalue weighted by Gasteiger charge is 2.49. The summed E-state index contributed by atoms with van der Waals surface area (Å²) in [5.41, 5.74) is 3.79. The van der Waals surface area contributed by atoms with Crippen molar-refractivity contribution in [1.29, 1.82) is 5.26 Å². The highest BCUT2D eigenvalue weighted by atomic mass is 79.9. The van der Waals surface area contributed by atoms with Crippen LogP contribution in [0.4, 0.5) is 0 Å². The Morgan fingerprint density at radius 3 is 2.52 bits per heavy atom. The van der Waals surface area contributed by atoms with Crippen molar-refractivity contribution in [1.82, 2.24) is 0 Å². The second-order valence-electron chi connectivity index (χ2n) is 5.58. The summed E-state index contributed by atoms with van der Waals surface area (Å²) < 4.78 is 26.8. The number of amides is 1. The molecule has 0 radical (unpaired) electrons. The number of halogens is 2. The third kappa shape index (κ3) is 2.83. The Labute approximate surface area is 160 Å². The van der Waals surface area contributed by atoms with Gasteiger partial charge < -0.3 is 10.8 Å². The molecule has 0 aliphatic heterocycles. The van der Waals surface area contributed by atoms with Crippen LogP contribution in [0.2, 0.25) is 5.02 Å². The number of hydrogen-bond donors (Lipinski definition) is 2. The van der Waals surface area contributed by atoms with Gasteiger partial charge >= 0.3 is 0 Å². The molecule has 130 valence electrons. The van der Waals surface area contributed by atoms with Crippen molar-refractivity contribution in [3.8, 4) is 11.8 Å². The van der Waals surface area contributed by atoms with Crippen molar-refractivity contribution in [2.45, 2.75) is 27.4 Å². The van der Waals surface area contributed by atoms with Crippen molar-refractivity contribution in [3.63, 3.8) is 0 Å². The summed E-state index contributed by atoms with van der Waals surface area (Å²) in [6, 6.07) is 6.16. The summed E-state index contributed by atoms with van der Waals surface area (Å²) >= 11 is 10.4. The third-order valence-corrected chi connectivity index (χ3v) is 8.45. The molecule has 0 spiro atoms. The van der Waals surface area contributed by atoms with E-state index < -0.39 is 37.5 Å². The molecule has 0 unspecified atom stereocenters. The number of sulfone groups is 1. The minimum atomic E-state index is -4.12. The second kappa shape index (κ2) is 5.99. The molecule has 1 aromatic heterocycles. The van der Waals surface area contributed by atoms with Crippen LogP contribution in [0.25, 0.3) is 0 Å². The van der Waals surface area contributed by atoms with Crippen LogP contribution in [-0.4, -0.2) is 19.4 Å². The Balaban J connectivity index is 2.40. The SMILES string of the molecule is N#CC1(c2cc(O)c(C(N)=O)c(Cl)c2S(=O)(=O)c2ccc(Br)s2)CC1. The smallest absolute Gasteiger partial charge is 0.254 e. The quantitative estimate of drug-likeness (QED) is 0.723. The average Bonchev–Trinajstić information content (AvgIpc) is 3.19. The molecule has 3 rings (SSSR count). The fourth-order valence-corrected chi connectivity index (χ4v) is 6.91. The first-order valence-electron chi connectivity index (χ1n) is 6.91. The molecule has 0 saturated heterocycles. The Kier molecular flexibility index (Phi) is 4.36. The van der Waals surface area contributed by atoms with Gasteiger partial charge in [-0.3, -0.25) is 4.79 Å². The number of nitriles is 1. The van der Waals surface area contributed by atoms with E-state index in [0.717, 1.165) is 17.4 Å². The number of primary amides is 1. The first kappa shape index (κ1) is 18.2. The fraction of sp³-hybridized carbons (Fsp3) is 0.200. The topological polar surface area (TPSA) is 121 Å². The Morgan fingerprint density at radius 2 is 2.08 bits per heavy atom. The van der Waals surface area contributed by atoms with Crippen molar-refractivity contribution >= 4 is 54.6 Å². The molecule has 1 heterocycles. The molecule has 25 heavy (non-hydrogen) atoms. The highest BCUT2D eigenvalue weighted by Crippen LogP contribution is 2.53. The van der Waals surface area contributed by atoms with Gasteiger partial charge in [0.2, 0.25) is 9.84 Å². The van der Waals surface area contributed by atoms with Gasteiger partial charge in [-0.2, -0.15) is 5.26 Å². The molecule has 2 aromatic rings. The summed E-state index contributed by atoms with van der Waals surface area (Å²) in [6.45, 7) is 0. The van der Waals surface area contributed by atoms with Gasteiger partial charge in [0.15, 0.2) is 0 Å². The zero-order chi connectivity index (χ0) is 18.6. The number of nitrogens with zero attached hydrogens (tertiary/aromatic N) is 1. The number of thiophene rings is 1. The fourth-order valence-electron chi connectivity index (χ4n) is 2.58.